The molecule has 1 fully saturated rings. The Balaban J connectivity index is 1.85. The number of carbonyl (C=O) groups excluding carboxylic acids is 1. The van der Waals surface area contributed by atoms with Crippen molar-refractivity contribution in [2.75, 3.05) is 18.5 Å². The maximum atomic E-state index is 12.0. The quantitative estimate of drug-likeness (QED) is 0.778. The maximum Gasteiger partial charge on any atom is 0.241 e. The van der Waals surface area contributed by atoms with E-state index in [1.165, 1.54) is 0 Å². The molecule has 1 atom stereocenters. The second kappa shape index (κ2) is 7.51. The molecule has 5 heteroatoms. The van der Waals surface area contributed by atoms with Gasteiger partial charge in [-0.3, -0.25) is 4.79 Å². The summed E-state index contributed by atoms with van der Waals surface area (Å²) in [6, 6.07) is 9.33. The van der Waals surface area contributed by atoms with E-state index < -0.39 is 0 Å². The van der Waals surface area contributed by atoms with Crippen molar-refractivity contribution in [3.8, 4) is 11.8 Å². The van der Waals surface area contributed by atoms with Crippen LogP contribution in [0.1, 0.15) is 25.7 Å². The number of amides is 1. The SMILES string of the molecule is N#CCCCOc1cccc(NC(=O)C2CCCN2)c1. The van der Waals surface area contributed by atoms with Crippen molar-refractivity contribution in [1.29, 1.82) is 5.26 Å². The van der Waals surface area contributed by atoms with Gasteiger partial charge in [-0.15, -0.1) is 0 Å². The molecule has 0 saturated carbocycles. The molecule has 0 bridgehead atoms. The molecule has 0 aromatic heterocycles. The topological polar surface area (TPSA) is 74.1 Å². The van der Waals surface area contributed by atoms with E-state index in [1.54, 1.807) is 6.07 Å². The standard InChI is InChI=1S/C15H19N3O2/c16-8-1-2-10-20-13-6-3-5-12(11-13)18-15(19)14-7-4-9-17-14/h3,5-6,11,14,17H,1-2,4,7,9-10H2,(H,18,19). The number of hydrogen-bond donors (Lipinski definition) is 2. The molecule has 20 heavy (non-hydrogen) atoms. The summed E-state index contributed by atoms with van der Waals surface area (Å²) in [6.07, 6.45) is 3.12. The van der Waals surface area contributed by atoms with Crippen molar-refractivity contribution in [2.45, 2.75) is 31.7 Å². The fourth-order valence-corrected chi connectivity index (χ4v) is 2.14. The third-order valence-electron chi connectivity index (χ3n) is 3.18. The molecule has 2 N–H and O–H groups in total. The molecule has 1 saturated heterocycles. The average molecular weight is 273 g/mol. The minimum absolute atomic E-state index is 0.00382. The summed E-state index contributed by atoms with van der Waals surface area (Å²) < 4.78 is 5.54. The first-order valence-electron chi connectivity index (χ1n) is 6.93. The lowest BCUT2D eigenvalue weighted by Crippen LogP contribution is -2.35. The zero-order valence-electron chi connectivity index (χ0n) is 11.4. The van der Waals surface area contributed by atoms with E-state index in [-0.39, 0.29) is 11.9 Å². The number of carbonyl (C=O) groups is 1. The first-order chi connectivity index (χ1) is 9.79. The highest BCUT2D eigenvalue weighted by Crippen LogP contribution is 2.18. The number of nitrogens with zero attached hydrogens (tertiary/aromatic N) is 1. The molecule has 1 aromatic rings. The Morgan fingerprint density at radius 2 is 2.45 bits per heavy atom. The lowest BCUT2D eigenvalue weighted by atomic mass is 10.2. The molecular weight excluding hydrogens is 254 g/mol. The van der Waals surface area contributed by atoms with Gasteiger partial charge >= 0.3 is 0 Å². The average Bonchev–Trinajstić information content (AvgIpc) is 2.98. The minimum atomic E-state index is -0.0878. The number of anilines is 1. The van der Waals surface area contributed by atoms with Crippen molar-refractivity contribution in [3.63, 3.8) is 0 Å². The van der Waals surface area contributed by atoms with Crippen LogP contribution in [0.5, 0.6) is 5.75 Å². The van der Waals surface area contributed by atoms with Crippen LogP contribution in [0, 0.1) is 11.3 Å². The van der Waals surface area contributed by atoms with Crippen LogP contribution in [0.3, 0.4) is 0 Å². The van der Waals surface area contributed by atoms with Gasteiger partial charge in [-0.2, -0.15) is 5.26 Å². The van der Waals surface area contributed by atoms with Gasteiger partial charge in [-0.25, -0.2) is 0 Å². The summed E-state index contributed by atoms with van der Waals surface area (Å²) in [7, 11) is 0. The molecule has 1 unspecified atom stereocenters. The van der Waals surface area contributed by atoms with Gasteiger partial charge in [0.1, 0.15) is 5.75 Å². The number of nitriles is 1. The Hall–Kier alpha value is -2.06. The van der Waals surface area contributed by atoms with Gasteiger partial charge in [0.25, 0.3) is 0 Å². The smallest absolute Gasteiger partial charge is 0.241 e. The van der Waals surface area contributed by atoms with Crippen molar-refractivity contribution >= 4 is 11.6 Å². The van der Waals surface area contributed by atoms with Crippen molar-refractivity contribution < 1.29 is 9.53 Å². The second-order valence-electron chi connectivity index (χ2n) is 4.78. The van der Waals surface area contributed by atoms with Crippen LogP contribution >= 0.6 is 0 Å². The van der Waals surface area contributed by atoms with Gasteiger partial charge < -0.3 is 15.4 Å². The molecule has 5 nitrogen and oxygen atoms in total. The van der Waals surface area contributed by atoms with Crippen molar-refractivity contribution in [2.24, 2.45) is 0 Å². The minimum Gasteiger partial charge on any atom is -0.493 e. The van der Waals surface area contributed by atoms with Crippen LogP contribution in [-0.4, -0.2) is 25.1 Å². The monoisotopic (exact) mass is 273 g/mol. The zero-order valence-corrected chi connectivity index (χ0v) is 11.4. The first-order valence-corrected chi connectivity index (χ1v) is 6.93. The molecule has 1 aliphatic rings. The van der Waals surface area contributed by atoms with E-state index in [2.05, 4.69) is 16.7 Å². The molecule has 1 heterocycles. The summed E-state index contributed by atoms with van der Waals surface area (Å²) in [5.74, 6) is 0.712. The number of unbranched alkanes of at least 4 members (excludes halogenated alkanes) is 1. The molecule has 0 radical (unpaired) electrons. The highest BCUT2D eigenvalue weighted by atomic mass is 16.5. The van der Waals surface area contributed by atoms with Crippen LogP contribution in [0.15, 0.2) is 24.3 Å². The summed E-state index contributed by atoms with van der Waals surface area (Å²) in [6.45, 7) is 1.41. The second-order valence-corrected chi connectivity index (χ2v) is 4.78. The van der Waals surface area contributed by atoms with Gasteiger partial charge in [-0.1, -0.05) is 6.07 Å². The van der Waals surface area contributed by atoms with Crippen molar-refractivity contribution in [3.05, 3.63) is 24.3 Å². The predicted molar refractivity (Wildman–Crippen MR) is 76.4 cm³/mol. The molecule has 2 rings (SSSR count). The fourth-order valence-electron chi connectivity index (χ4n) is 2.14. The molecule has 106 valence electrons. The largest absolute Gasteiger partial charge is 0.493 e. The molecule has 1 amide bonds. The summed E-state index contributed by atoms with van der Waals surface area (Å²) in [4.78, 5) is 12.0. The number of benzene rings is 1. The molecule has 0 aliphatic carbocycles. The van der Waals surface area contributed by atoms with E-state index in [1.807, 2.05) is 18.2 Å². The molecular formula is C15H19N3O2. The molecule has 0 spiro atoms. The third-order valence-corrected chi connectivity index (χ3v) is 3.18. The highest BCUT2D eigenvalue weighted by Gasteiger charge is 2.21. The highest BCUT2D eigenvalue weighted by molar-refractivity contribution is 5.95. The number of ether oxygens (including phenoxy) is 1. The summed E-state index contributed by atoms with van der Waals surface area (Å²) in [5, 5.41) is 14.5. The lowest BCUT2D eigenvalue weighted by Gasteiger charge is -2.12. The molecule has 1 aromatic carbocycles. The van der Waals surface area contributed by atoms with E-state index in [0.29, 0.717) is 25.2 Å². The number of hydrogen-bond acceptors (Lipinski definition) is 4. The zero-order chi connectivity index (χ0) is 14.2. The Morgan fingerprint density at radius 1 is 1.55 bits per heavy atom. The Kier molecular flexibility index (Phi) is 5.39. The van der Waals surface area contributed by atoms with E-state index in [0.717, 1.165) is 25.1 Å². The van der Waals surface area contributed by atoms with E-state index in [4.69, 9.17) is 10.00 Å². The normalized spacial score (nSPS) is 17.4. The molecule has 1 aliphatic heterocycles. The van der Waals surface area contributed by atoms with Crippen LogP contribution in [0.2, 0.25) is 0 Å². The van der Waals surface area contributed by atoms with Gasteiger partial charge in [0.15, 0.2) is 0 Å². The van der Waals surface area contributed by atoms with Crippen LogP contribution in [-0.2, 0) is 4.79 Å². The Morgan fingerprint density at radius 3 is 3.20 bits per heavy atom. The number of nitrogens with one attached hydrogen (secondary N) is 2. The fraction of sp³-hybridized carbons (Fsp3) is 0.467. The lowest BCUT2D eigenvalue weighted by molar-refractivity contribution is -0.117. The van der Waals surface area contributed by atoms with E-state index >= 15 is 0 Å². The number of rotatable bonds is 6. The van der Waals surface area contributed by atoms with Gasteiger partial charge in [0.2, 0.25) is 5.91 Å². The Labute approximate surface area is 118 Å². The van der Waals surface area contributed by atoms with Gasteiger partial charge in [0.05, 0.1) is 18.7 Å². The van der Waals surface area contributed by atoms with E-state index in [9.17, 15) is 4.79 Å². The maximum absolute atomic E-state index is 12.0. The van der Waals surface area contributed by atoms with Crippen molar-refractivity contribution in [1.82, 2.24) is 5.32 Å². The first kappa shape index (κ1) is 14.4. The predicted octanol–water partition coefficient (Wildman–Crippen LogP) is 2.06. The van der Waals surface area contributed by atoms with Crippen LogP contribution in [0.4, 0.5) is 5.69 Å². The van der Waals surface area contributed by atoms with Crippen LogP contribution < -0.4 is 15.4 Å². The summed E-state index contributed by atoms with van der Waals surface area (Å²) >= 11 is 0. The van der Waals surface area contributed by atoms with Gasteiger partial charge in [0, 0.05) is 18.2 Å². The summed E-state index contributed by atoms with van der Waals surface area (Å²) in [5.41, 5.74) is 0.737. The third kappa shape index (κ3) is 4.25. The van der Waals surface area contributed by atoms with Gasteiger partial charge in [-0.05, 0) is 37.9 Å². The Bertz CT molecular complexity index is 490. The van der Waals surface area contributed by atoms with Crippen LogP contribution in [0.25, 0.3) is 0 Å².